The molecule has 35 heavy (non-hydrogen) atoms. The van der Waals surface area contributed by atoms with Gasteiger partial charge >= 0.3 is 220 Å². The van der Waals surface area contributed by atoms with Gasteiger partial charge in [0.25, 0.3) is 0 Å². The molecule has 0 fully saturated rings. The molecule has 2 heterocycles. The minimum absolute atomic E-state index is 0.158. The Kier molecular flexibility index (Phi) is 4.94. The number of Topliss-reactive ketones (excluding diaryl/α,β-unsaturated/α-hetero) is 2. The minimum atomic E-state index is -0.781. The number of hydrogen-bond donors (Lipinski definition) is 0. The van der Waals surface area contributed by atoms with E-state index in [0.717, 1.165) is 14.4 Å². The van der Waals surface area contributed by atoms with Gasteiger partial charge in [-0.05, 0) is 0 Å². The predicted octanol–water partition coefficient (Wildman–Crippen LogP) is 4.80. The Labute approximate surface area is 218 Å². The Morgan fingerprint density at radius 2 is 1.20 bits per heavy atom. The molecular weight excluding hydrogens is 613 g/mol. The molecule has 0 bridgehead atoms. The van der Waals surface area contributed by atoms with E-state index in [0.29, 0.717) is 16.7 Å². The first-order chi connectivity index (χ1) is 17.2. The van der Waals surface area contributed by atoms with Crippen LogP contribution in [-0.4, -0.2) is 47.0 Å². The summed E-state index contributed by atoms with van der Waals surface area (Å²) >= 11 is -0.503. The number of hydrogen-bond acceptors (Lipinski definition) is 3. The Hall–Kier alpha value is -3.19. The number of anilines is 3. The van der Waals surface area contributed by atoms with Gasteiger partial charge in [-0.1, -0.05) is 0 Å². The summed E-state index contributed by atoms with van der Waals surface area (Å²) in [7, 11) is 0. The molecule has 0 unspecified atom stereocenters. The van der Waals surface area contributed by atoms with E-state index in [4.69, 9.17) is 0 Å². The van der Waals surface area contributed by atoms with Gasteiger partial charge in [0, 0.05) is 0 Å². The molecule has 5 aromatic rings. The van der Waals surface area contributed by atoms with Crippen molar-refractivity contribution in [1.29, 1.82) is 0 Å². The summed E-state index contributed by atoms with van der Waals surface area (Å²) in [6.07, 6.45) is 1.85. The topological polar surface area (TPSA) is 37.4 Å². The second-order valence-electron chi connectivity index (χ2n) is 8.51. The molecule has 3 nitrogen and oxygen atoms in total. The molecule has 0 atom stereocenters. The number of carbonyl (C=O) groups is 2. The molecule has 0 saturated carbocycles. The second kappa shape index (κ2) is 8.19. The number of para-hydroxylation sites is 2. The first-order valence-corrected chi connectivity index (χ1v) is 15.3. The number of fused-ring (bicyclic) bond motifs is 4. The maximum absolute atomic E-state index is 13.2. The molecule has 0 N–H and O–H groups in total. The zero-order valence-electron chi connectivity index (χ0n) is 18.4. The summed E-state index contributed by atoms with van der Waals surface area (Å²) in [5.74, 6) is -0.317. The van der Waals surface area contributed by atoms with Gasteiger partial charge in [-0.3, -0.25) is 0 Å². The van der Waals surface area contributed by atoms with Crippen molar-refractivity contribution in [2.75, 3.05) is 4.90 Å². The van der Waals surface area contributed by atoms with Crippen molar-refractivity contribution in [3.05, 3.63) is 117 Å². The summed E-state index contributed by atoms with van der Waals surface area (Å²) in [6, 6.07) is 33.1. The van der Waals surface area contributed by atoms with Gasteiger partial charge in [0.05, 0.1) is 0 Å². The Bertz CT molecular complexity index is 1630. The summed E-state index contributed by atoms with van der Waals surface area (Å²) in [6.45, 7) is 0. The molecule has 1 aromatic heterocycles. The molecule has 5 heteroatoms. The van der Waals surface area contributed by atoms with E-state index >= 15 is 0 Å². The molecule has 0 amide bonds. The first-order valence-electron chi connectivity index (χ1n) is 11.3. The molecule has 1 aliphatic heterocycles. The van der Waals surface area contributed by atoms with E-state index in [1.807, 2.05) is 42.5 Å². The Morgan fingerprint density at radius 1 is 0.657 bits per heavy atom. The van der Waals surface area contributed by atoms with Crippen LogP contribution in [0.2, 0.25) is 0 Å². The molecule has 2 aliphatic rings. The van der Waals surface area contributed by atoms with Crippen molar-refractivity contribution in [1.82, 2.24) is 0 Å². The molecule has 166 valence electrons. The molecule has 0 saturated heterocycles. The number of nitrogens with zero attached hydrogens (tertiary/aromatic N) is 1. The van der Waals surface area contributed by atoms with E-state index in [9.17, 15) is 9.59 Å². The predicted molar refractivity (Wildman–Crippen MR) is 144 cm³/mol. The van der Waals surface area contributed by atoms with Crippen LogP contribution in [0.5, 0.6) is 0 Å². The number of benzene rings is 4. The third kappa shape index (κ3) is 3.39. The average Bonchev–Trinajstić information content (AvgIpc) is 3.44. The molecular formula is C30H17NO2SeTe. The van der Waals surface area contributed by atoms with Crippen LogP contribution >= 0.6 is 0 Å². The van der Waals surface area contributed by atoms with E-state index < -0.39 is 20.4 Å². The number of allylic oxidation sites excluding steroid dienone is 1. The fraction of sp³-hybridized carbons (Fsp3) is 0. The van der Waals surface area contributed by atoms with Crippen molar-refractivity contribution in [2.24, 2.45) is 0 Å². The normalized spacial score (nSPS) is 14.2. The quantitative estimate of drug-likeness (QED) is 0.157. The van der Waals surface area contributed by atoms with Crippen LogP contribution in [0.15, 0.2) is 103 Å². The maximum atomic E-state index is 13.2. The average molecular weight is 630 g/mol. The van der Waals surface area contributed by atoms with Crippen molar-refractivity contribution >= 4 is 87.8 Å². The van der Waals surface area contributed by atoms with Gasteiger partial charge in [0.1, 0.15) is 0 Å². The van der Waals surface area contributed by atoms with Crippen molar-refractivity contribution in [2.45, 2.75) is 0 Å². The third-order valence-electron chi connectivity index (χ3n) is 6.42. The third-order valence-corrected chi connectivity index (χ3v) is 11.7. The van der Waals surface area contributed by atoms with Crippen molar-refractivity contribution in [3.8, 4) is 0 Å². The van der Waals surface area contributed by atoms with E-state index in [1.54, 1.807) is 0 Å². The van der Waals surface area contributed by atoms with E-state index in [-0.39, 0.29) is 26.5 Å². The van der Waals surface area contributed by atoms with Gasteiger partial charge in [-0.2, -0.15) is 0 Å². The first kappa shape index (κ1) is 21.1. The van der Waals surface area contributed by atoms with Gasteiger partial charge in [0.15, 0.2) is 0 Å². The monoisotopic (exact) mass is 633 g/mol. The summed E-state index contributed by atoms with van der Waals surface area (Å²) in [4.78, 5) is 28.8. The van der Waals surface area contributed by atoms with Crippen LogP contribution in [0.3, 0.4) is 0 Å². The molecule has 7 rings (SSSR count). The Morgan fingerprint density at radius 3 is 1.80 bits per heavy atom. The van der Waals surface area contributed by atoms with Crippen molar-refractivity contribution in [3.63, 3.8) is 0 Å². The summed E-state index contributed by atoms with van der Waals surface area (Å²) < 4.78 is 5.13. The molecule has 0 radical (unpaired) electrons. The van der Waals surface area contributed by atoms with Crippen LogP contribution in [0.1, 0.15) is 24.3 Å². The zero-order valence-corrected chi connectivity index (χ0v) is 22.4. The number of ketones is 2. The van der Waals surface area contributed by atoms with Crippen LogP contribution in [0, 0.1) is 0 Å². The van der Waals surface area contributed by atoms with Gasteiger partial charge in [0.2, 0.25) is 0 Å². The molecule has 4 aromatic carbocycles. The van der Waals surface area contributed by atoms with Gasteiger partial charge in [-0.25, -0.2) is 0 Å². The fourth-order valence-corrected chi connectivity index (χ4v) is 9.78. The standard InChI is InChI=1S/C30H17NO2SeTe/c32-29-21-15-18-7-1-2-8-19(18)16-22(21)30(33)23(29)17-20-13-14-28(35-20)31-24-9-3-5-11-26(24)34-27-12-6-4-10-25(27)31/h1-17H. The fourth-order valence-electron chi connectivity index (χ4n) is 4.76. The zero-order chi connectivity index (χ0) is 23.5. The number of carbonyl (C=O) groups excluding carboxylic acids is 2. The summed E-state index contributed by atoms with van der Waals surface area (Å²) in [5, 5.41) is 1.96. The van der Waals surface area contributed by atoms with Gasteiger partial charge < -0.3 is 0 Å². The van der Waals surface area contributed by atoms with Crippen LogP contribution in [0.25, 0.3) is 16.8 Å². The van der Waals surface area contributed by atoms with Gasteiger partial charge in [-0.15, -0.1) is 0 Å². The van der Waals surface area contributed by atoms with E-state index in [1.165, 1.54) is 24.0 Å². The van der Waals surface area contributed by atoms with Crippen LogP contribution in [0.4, 0.5) is 15.1 Å². The SMILES string of the molecule is O=C1C(=Cc2ccc(N3c4ccccc4[Se]c4ccccc43)[te]2)C(=O)c2cc3ccccc3cc21. The van der Waals surface area contributed by atoms with Crippen LogP contribution in [-0.2, 0) is 0 Å². The number of rotatable bonds is 2. The summed E-state index contributed by atoms with van der Waals surface area (Å²) in [5.41, 5.74) is 3.83. The molecule has 0 spiro atoms. The second-order valence-corrected chi connectivity index (χ2v) is 13.9. The molecule has 1 aliphatic carbocycles. The van der Waals surface area contributed by atoms with Crippen molar-refractivity contribution < 1.29 is 9.59 Å². The van der Waals surface area contributed by atoms with Crippen LogP contribution < -0.4 is 13.8 Å². The van der Waals surface area contributed by atoms with E-state index in [2.05, 4.69) is 65.6 Å². The Balaban J connectivity index is 1.30.